The van der Waals surface area contributed by atoms with Gasteiger partial charge in [0.05, 0.1) is 6.20 Å². The molecule has 0 bridgehead atoms. The second kappa shape index (κ2) is 3.57. The van der Waals surface area contributed by atoms with Crippen LogP contribution in [0.3, 0.4) is 0 Å². The fourth-order valence-corrected chi connectivity index (χ4v) is 1.89. The van der Waals surface area contributed by atoms with E-state index in [9.17, 15) is 0 Å². The first-order valence-corrected chi connectivity index (χ1v) is 5.13. The number of nitrogens with zero attached hydrogens (tertiary/aromatic N) is 3. The molecule has 3 aromatic heterocycles. The van der Waals surface area contributed by atoms with E-state index in [0.29, 0.717) is 5.15 Å². The van der Waals surface area contributed by atoms with Crippen molar-refractivity contribution in [2.24, 2.45) is 0 Å². The molecule has 0 saturated heterocycles. The van der Waals surface area contributed by atoms with Gasteiger partial charge in [0.2, 0.25) is 0 Å². The van der Waals surface area contributed by atoms with Crippen LogP contribution in [0.5, 0.6) is 0 Å². The molecule has 0 unspecified atom stereocenters. The number of nitrogens with one attached hydrogen (secondary N) is 1. The molecule has 0 saturated carbocycles. The predicted molar refractivity (Wildman–Crippen MR) is 62.1 cm³/mol. The Kier molecular flexibility index (Phi) is 2.08. The number of pyridine rings is 2. The van der Waals surface area contributed by atoms with E-state index < -0.39 is 0 Å². The van der Waals surface area contributed by atoms with Gasteiger partial charge in [0, 0.05) is 23.3 Å². The van der Waals surface area contributed by atoms with Crippen LogP contribution in [0.25, 0.3) is 22.2 Å². The molecule has 3 rings (SSSR count). The molecule has 0 aliphatic heterocycles. The largest absolute Gasteiger partial charge is 0.261 e. The molecule has 78 valence electrons. The second-order valence-corrected chi connectivity index (χ2v) is 3.69. The maximum atomic E-state index is 6.06. The minimum Gasteiger partial charge on any atom is -0.261 e. The highest BCUT2D eigenvalue weighted by Gasteiger charge is 2.09. The number of aromatic amines is 1. The highest BCUT2D eigenvalue weighted by atomic mass is 35.5. The highest BCUT2D eigenvalue weighted by Crippen LogP contribution is 2.30. The molecule has 0 spiro atoms. The summed E-state index contributed by atoms with van der Waals surface area (Å²) in [4.78, 5) is 8.24. The minimum absolute atomic E-state index is 0.483. The van der Waals surface area contributed by atoms with Crippen molar-refractivity contribution >= 4 is 22.6 Å². The van der Waals surface area contributed by atoms with Gasteiger partial charge in [-0.1, -0.05) is 11.6 Å². The lowest BCUT2D eigenvalue weighted by atomic mass is 10.1. The first-order chi connectivity index (χ1) is 7.86. The predicted octanol–water partition coefficient (Wildman–Crippen LogP) is 2.67. The maximum Gasteiger partial charge on any atom is 0.155 e. The van der Waals surface area contributed by atoms with Crippen LogP contribution in [-0.2, 0) is 0 Å². The molecule has 3 aromatic rings. The molecule has 0 amide bonds. The average Bonchev–Trinajstić information content (AvgIpc) is 2.77. The topological polar surface area (TPSA) is 54.5 Å². The van der Waals surface area contributed by atoms with Crippen molar-refractivity contribution in [2.75, 3.05) is 0 Å². The Bertz CT molecular complexity index is 647. The van der Waals surface area contributed by atoms with Gasteiger partial charge in [0.1, 0.15) is 5.15 Å². The van der Waals surface area contributed by atoms with Gasteiger partial charge in [-0.3, -0.25) is 5.10 Å². The Labute approximate surface area is 96.3 Å². The van der Waals surface area contributed by atoms with Crippen molar-refractivity contribution in [1.82, 2.24) is 20.2 Å². The zero-order chi connectivity index (χ0) is 11.0. The molecule has 4 nitrogen and oxygen atoms in total. The molecule has 0 aromatic carbocycles. The maximum absolute atomic E-state index is 6.06. The van der Waals surface area contributed by atoms with Gasteiger partial charge in [-0.25, -0.2) is 9.97 Å². The molecule has 5 heteroatoms. The average molecular weight is 231 g/mol. The molecule has 16 heavy (non-hydrogen) atoms. The van der Waals surface area contributed by atoms with Crippen LogP contribution < -0.4 is 0 Å². The summed E-state index contributed by atoms with van der Waals surface area (Å²) in [5.74, 6) is 0. The third kappa shape index (κ3) is 1.35. The quantitative estimate of drug-likeness (QED) is 0.654. The van der Waals surface area contributed by atoms with Crippen LogP contribution in [0.4, 0.5) is 0 Å². The summed E-state index contributed by atoms with van der Waals surface area (Å²) in [6.45, 7) is 0. The van der Waals surface area contributed by atoms with Crippen LogP contribution in [0.2, 0.25) is 5.15 Å². The monoisotopic (exact) mass is 230 g/mol. The zero-order valence-electron chi connectivity index (χ0n) is 8.18. The third-order valence-corrected chi connectivity index (χ3v) is 2.70. The van der Waals surface area contributed by atoms with Gasteiger partial charge in [0.15, 0.2) is 5.65 Å². The third-order valence-electron chi connectivity index (χ3n) is 2.40. The highest BCUT2D eigenvalue weighted by molar-refractivity contribution is 6.32. The van der Waals surface area contributed by atoms with Gasteiger partial charge >= 0.3 is 0 Å². The van der Waals surface area contributed by atoms with Crippen molar-refractivity contribution in [3.05, 3.63) is 41.9 Å². The minimum atomic E-state index is 0.483. The van der Waals surface area contributed by atoms with E-state index >= 15 is 0 Å². The molecular formula is C11H7ClN4. The number of hydrogen-bond donors (Lipinski definition) is 1. The number of rotatable bonds is 1. The van der Waals surface area contributed by atoms with Crippen LogP contribution in [0.1, 0.15) is 0 Å². The number of aromatic nitrogens is 4. The van der Waals surface area contributed by atoms with Crippen LogP contribution >= 0.6 is 11.6 Å². The fourth-order valence-electron chi connectivity index (χ4n) is 1.67. The summed E-state index contributed by atoms with van der Waals surface area (Å²) in [6.07, 6.45) is 5.12. The number of H-pyrrole nitrogens is 1. The van der Waals surface area contributed by atoms with Crippen LogP contribution in [0, 0.1) is 0 Å². The normalized spacial score (nSPS) is 10.8. The summed E-state index contributed by atoms with van der Waals surface area (Å²) in [6, 6.07) is 5.69. The summed E-state index contributed by atoms with van der Waals surface area (Å²) in [5.41, 5.74) is 2.62. The van der Waals surface area contributed by atoms with E-state index in [1.807, 2.05) is 18.2 Å². The van der Waals surface area contributed by atoms with E-state index in [4.69, 9.17) is 11.6 Å². The molecule has 0 aliphatic rings. The van der Waals surface area contributed by atoms with Gasteiger partial charge in [-0.2, -0.15) is 5.10 Å². The Balaban J connectivity index is 2.34. The lowest BCUT2D eigenvalue weighted by Crippen LogP contribution is -1.85. The van der Waals surface area contributed by atoms with Crippen molar-refractivity contribution in [3.8, 4) is 11.1 Å². The molecule has 0 radical (unpaired) electrons. The first kappa shape index (κ1) is 9.30. The van der Waals surface area contributed by atoms with E-state index in [1.54, 1.807) is 18.6 Å². The Morgan fingerprint density at radius 1 is 1.06 bits per heavy atom. The van der Waals surface area contributed by atoms with Crippen molar-refractivity contribution < 1.29 is 0 Å². The summed E-state index contributed by atoms with van der Waals surface area (Å²) in [7, 11) is 0. The molecule has 0 atom stereocenters. The molecule has 0 fully saturated rings. The number of hydrogen-bond acceptors (Lipinski definition) is 3. The summed E-state index contributed by atoms with van der Waals surface area (Å²) in [5, 5.41) is 8.22. The van der Waals surface area contributed by atoms with Gasteiger partial charge in [-0.05, 0) is 23.8 Å². The van der Waals surface area contributed by atoms with E-state index in [0.717, 1.165) is 22.2 Å². The summed E-state index contributed by atoms with van der Waals surface area (Å²) < 4.78 is 0. The Morgan fingerprint density at radius 2 is 2.00 bits per heavy atom. The van der Waals surface area contributed by atoms with Crippen molar-refractivity contribution in [3.63, 3.8) is 0 Å². The molecule has 0 aliphatic carbocycles. The Morgan fingerprint density at radius 3 is 2.88 bits per heavy atom. The van der Waals surface area contributed by atoms with Crippen LogP contribution in [-0.4, -0.2) is 20.2 Å². The van der Waals surface area contributed by atoms with E-state index in [1.165, 1.54) is 0 Å². The molecular weight excluding hydrogens is 224 g/mol. The SMILES string of the molecule is Clc1ncccc1-c1ccnc2[nH]ncc12. The van der Waals surface area contributed by atoms with Crippen molar-refractivity contribution in [2.45, 2.75) is 0 Å². The summed E-state index contributed by atoms with van der Waals surface area (Å²) >= 11 is 6.06. The smallest absolute Gasteiger partial charge is 0.155 e. The molecule has 3 heterocycles. The lowest BCUT2D eigenvalue weighted by molar-refractivity contribution is 1.10. The van der Waals surface area contributed by atoms with E-state index in [-0.39, 0.29) is 0 Å². The first-order valence-electron chi connectivity index (χ1n) is 4.75. The zero-order valence-corrected chi connectivity index (χ0v) is 8.94. The van der Waals surface area contributed by atoms with Gasteiger partial charge in [-0.15, -0.1) is 0 Å². The number of fused-ring (bicyclic) bond motifs is 1. The lowest BCUT2D eigenvalue weighted by Gasteiger charge is -2.03. The van der Waals surface area contributed by atoms with Crippen molar-refractivity contribution in [1.29, 1.82) is 0 Å². The fraction of sp³-hybridized carbons (Fsp3) is 0. The number of halogens is 1. The van der Waals surface area contributed by atoms with E-state index in [2.05, 4.69) is 20.2 Å². The van der Waals surface area contributed by atoms with Gasteiger partial charge in [0.25, 0.3) is 0 Å². The Hall–Kier alpha value is -1.94. The van der Waals surface area contributed by atoms with Crippen LogP contribution in [0.15, 0.2) is 36.8 Å². The molecule has 1 N–H and O–H groups in total. The standard InChI is InChI=1S/C11H7ClN4/c12-10-8(2-1-4-13-10)7-3-5-14-11-9(7)6-15-16-11/h1-6H,(H,14,15,16). The second-order valence-electron chi connectivity index (χ2n) is 3.33. The van der Waals surface area contributed by atoms with Gasteiger partial charge < -0.3 is 0 Å².